The molecule has 5 nitrogen and oxygen atoms in total. The van der Waals surface area contributed by atoms with Crippen molar-refractivity contribution >= 4 is 17.5 Å². The van der Waals surface area contributed by atoms with Crippen LogP contribution in [0.25, 0.3) is 0 Å². The molecule has 1 aliphatic rings. The Labute approximate surface area is 82.4 Å². The molecule has 1 aliphatic heterocycles. The fraction of sp³-hybridized carbons (Fsp3) is 0.667. The predicted molar refractivity (Wildman–Crippen MR) is 49.3 cm³/mol. The largest absolute Gasteiger partial charge is 0.309 e. The lowest BCUT2D eigenvalue weighted by Crippen LogP contribution is -2.48. The van der Waals surface area contributed by atoms with Gasteiger partial charge in [0.25, 0.3) is 5.78 Å². The summed E-state index contributed by atoms with van der Waals surface area (Å²) in [5.41, 5.74) is 2.42. The van der Waals surface area contributed by atoms with E-state index in [-0.39, 0.29) is 0 Å². The van der Waals surface area contributed by atoms with Crippen LogP contribution in [0.2, 0.25) is 0 Å². The minimum Gasteiger partial charge on any atom is -0.291 e. The number of carbonyl (C=O) groups is 3. The molecule has 5 heteroatoms. The van der Waals surface area contributed by atoms with Crippen molar-refractivity contribution in [1.29, 1.82) is 0 Å². The quantitative estimate of drug-likeness (QED) is 0.497. The monoisotopic (exact) mass is 198 g/mol. The number of hydrogen-bond acceptors (Lipinski definition) is 4. The number of carbonyl (C=O) groups excluding carboxylic acids is 3. The molecule has 0 aromatic rings. The zero-order chi connectivity index (χ0) is 10.6. The third-order valence-corrected chi connectivity index (χ3v) is 2.14. The van der Waals surface area contributed by atoms with E-state index < -0.39 is 17.5 Å². The lowest BCUT2D eigenvalue weighted by atomic mass is 10.2. The molecule has 0 atom stereocenters. The summed E-state index contributed by atoms with van der Waals surface area (Å²) in [5.74, 6) is -2.52. The van der Waals surface area contributed by atoms with E-state index in [9.17, 15) is 14.4 Å². The molecule has 0 aliphatic carbocycles. The maximum absolute atomic E-state index is 11.1. The van der Waals surface area contributed by atoms with Crippen LogP contribution in [-0.4, -0.2) is 35.6 Å². The SMILES string of the molecule is CC(=O)C(=O)C(=O)NN1CCCCC1. The molecule has 0 spiro atoms. The average molecular weight is 198 g/mol. The molecule has 0 saturated carbocycles. The van der Waals surface area contributed by atoms with Crippen LogP contribution in [0, 0.1) is 0 Å². The van der Waals surface area contributed by atoms with Crippen LogP contribution in [0.3, 0.4) is 0 Å². The average Bonchev–Trinajstić information content (AvgIpc) is 2.18. The number of nitrogens with one attached hydrogen (secondary N) is 1. The van der Waals surface area contributed by atoms with Crippen molar-refractivity contribution in [3.63, 3.8) is 0 Å². The third-order valence-electron chi connectivity index (χ3n) is 2.14. The van der Waals surface area contributed by atoms with Gasteiger partial charge in [-0.25, -0.2) is 5.01 Å². The van der Waals surface area contributed by atoms with E-state index in [0.29, 0.717) is 0 Å². The van der Waals surface area contributed by atoms with Crippen LogP contribution < -0.4 is 5.43 Å². The van der Waals surface area contributed by atoms with Gasteiger partial charge < -0.3 is 0 Å². The van der Waals surface area contributed by atoms with E-state index in [4.69, 9.17) is 0 Å². The Kier molecular flexibility index (Phi) is 3.76. The number of rotatable bonds is 3. The number of nitrogens with zero attached hydrogens (tertiary/aromatic N) is 1. The molecule has 0 radical (unpaired) electrons. The highest BCUT2D eigenvalue weighted by atomic mass is 16.2. The standard InChI is InChI=1S/C9H14N2O3/c1-7(12)8(13)9(14)10-11-5-3-2-4-6-11/h2-6H2,1H3,(H,10,14). The van der Waals surface area contributed by atoms with E-state index in [0.717, 1.165) is 39.3 Å². The lowest BCUT2D eigenvalue weighted by Gasteiger charge is -2.26. The Balaban J connectivity index is 2.39. The zero-order valence-electron chi connectivity index (χ0n) is 8.21. The summed E-state index contributed by atoms with van der Waals surface area (Å²) >= 11 is 0. The number of Topliss-reactive ketones (excluding diaryl/α,β-unsaturated/α-hetero) is 2. The minimum atomic E-state index is -0.976. The molecule has 0 aromatic heterocycles. The van der Waals surface area contributed by atoms with Crippen LogP contribution in [0.15, 0.2) is 0 Å². The number of piperidine rings is 1. The fourth-order valence-electron chi connectivity index (χ4n) is 1.36. The summed E-state index contributed by atoms with van der Waals surface area (Å²) < 4.78 is 0. The van der Waals surface area contributed by atoms with Gasteiger partial charge in [0.1, 0.15) is 0 Å². The van der Waals surface area contributed by atoms with Gasteiger partial charge in [-0.05, 0) is 12.8 Å². The topological polar surface area (TPSA) is 66.5 Å². The molecule has 14 heavy (non-hydrogen) atoms. The van der Waals surface area contributed by atoms with Gasteiger partial charge in [0.15, 0.2) is 0 Å². The summed E-state index contributed by atoms with van der Waals surface area (Å²) in [7, 11) is 0. The molecule has 1 saturated heterocycles. The van der Waals surface area contributed by atoms with E-state index in [1.165, 1.54) is 0 Å². The Morgan fingerprint density at radius 1 is 1.07 bits per heavy atom. The molecule has 0 bridgehead atoms. The molecule has 1 heterocycles. The zero-order valence-corrected chi connectivity index (χ0v) is 8.21. The highest BCUT2D eigenvalue weighted by Crippen LogP contribution is 2.05. The van der Waals surface area contributed by atoms with Crippen molar-refractivity contribution in [1.82, 2.24) is 10.4 Å². The highest BCUT2D eigenvalue weighted by Gasteiger charge is 2.21. The van der Waals surface area contributed by atoms with Crippen molar-refractivity contribution in [2.24, 2.45) is 0 Å². The van der Waals surface area contributed by atoms with Gasteiger partial charge in [-0.3, -0.25) is 19.8 Å². The molecule has 1 fully saturated rings. The van der Waals surface area contributed by atoms with Crippen LogP contribution in [0.4, 0.5) is 0 Å². The summed E-state index contributed by atoms with van der Waals surface area (Å²) in [6.07, 6.45) is 3.16. The molecule has 78 valence electrons. The maximum atomic E-state index is 11.1. The van der Waals surface area contributed by atoms with E-state index in [1.54, 1.807) is 5.01 Å². The minimum absolute atomic E-state index is 0.723. The molecule has 1 amide bonds. The van der Waals surface area contributed by atoms with Gasteiger partial charge in [-0.2, -0.15) is 0 Å². The van der Waals surface area contributed by atoms with Gasteiger partial charge in [0.2, 0.25) is 5.78 Å². The van der Waals surface area contributed by atoms with Gasteiger partial charge in [-0.15, -0.1) is 0 Å². The third kappa shape index (κ3) is 2.92. The Morgan fingerprint density at radius 3 is 2.14 bits per heavy atom. The van der Waals surface area contributed by atoms with Crippen molar-refractivity contribution in [2.45, 2.75) is 26.2 Å². The molecular formula is C9H14N2O3. The number of hydrazine groups is 1. The molecule has 0 aromatic carbocycles. The second-order valence-corrected chi connectivity index (χ2v) is 3.37. The van der Waals surface area contributed by atoms with Crippen LogP contribution >= 0.6 is 0 Å². The maximum Gasteiger partial charge on any atom is 0.309 e. The summed E-state index contributed by atoms with van der Waals surface area (Å²) in [6, 6.07) is 0. The number of amides is 1. The summed E-state index contributed by atoms with van der Waals surface area (Å²) in [4.78, 5) is 32.7. The Morgan fingerprint density at radius 2 is 1.64 bits per heavy atom. The van der Waals surface area contributed by atoms with Crippen molar-refractivity contribution in [3.8, 4) is 0 Å². The fourth-order valence-corrected chi connectivity index (χ4v) is 1.36. The van der Waals surface area contributed by atoms with Gasteiger partial charge in [-0.1, -0.05) is 6.42 Å². The van der Waals surface area contributed by atoms with Crippen molar-refractivity contribution in [2.75, 3.05) is 13.1 Å². The Hall–Kier alpha value is -1.23. The van der Waals surface area contributed by atoms with E-state index >= 15 is 0 Å². The molecule has 1 N–H and O–H groups in total. The van der Waals surface area contributed by atoms with Crippen LogP contribution in [0.1, 0.15) is 26.2 Å². The smallest absolute Gasteiger partial charge is 0.291 e. The van der Waals surface area contributed by atoms with E-state index in [2.05, 4.69) is 5.43 Å². The normalized spacial score (nSPS) is 17.5. The summed E-state index contributed by atoms with van der Waals surface area (Å²) in [5, 5.41) is 1.69. The van der Waals surface area contributed by atoms with Gasteiger partial charge in [0.05, 0.1) is 0 Å². The number of hydrogen-bond donors (Lipinski definition) is 1. The second kappa shape index (κ2) is 4.85. The first-order chi connectivity index (χ1) is 6.61. The lowest BCUT2D eigenvalue weighted by molar-refractivity contribution is -0.146. The Bertz CT molecular complexity index is 257. The highest BCUT2D eigenvalue weighted by molar-refractivity contribution is 6.62. The van der Waals surface area contributed by atoms with Crippen LogP contribution in [0.5, 0.6) is 0 Å². The van der Waals surface area contributed by atoms with Gasteiger partial charge >= 0.3 is 5.91 Å². The summed E-state index contributed by atoms with van der Waals surface area (Å²) in [6.45, 7) is 2.59. The van der Waals surface area contributed by atoms with Gasteiger partial charge in [0, 0.05) is 20.0 Å². The molecule has 0 unspecified atom stereocenters. The first-order valence-electron chi connectivity index (χ1n) is 4.72. The van der Waals surface area contributed by atoms with Crippen molar-refractivity contribution in [3.05, 3.63) is 0 Å². The first kappa shape index (κ1) is 10.8. The molecule has 1 rings (SSSR count). The first-order valence-corrected chi connectivity index (χ1v) is 4.72. The second-order valence-electron chi connectivity index (χ2n) is 3.37. The number of ketones is 2. The predicted octanol–water partition coefficient (Wildman–Crippen LogP) is -0.338. The van der Waals surface area contributed by atoms with Crippen molar-refractivity contribution < 1.29 is 14.4 Å². The van der Waals surface area contributed by atoms with E-state index in [1.807, 2.05) is 0 Å². The van der Waals surface area contributed by atoms with Crippen LogP contribution in [-0.2, 0) is 14.4 Å². The molecular weight excluding hydrogens is 184 g/mol.